The highest BCUT2D eigenvalue weighted by atomic mass is 35.5. The van der Waals surface area contributed by atoms with Crippen molar-refractivity contribution in [3.63, 3.8) is 0 Å². The smallest absolute Gasteiger partial charge is 0.248 e. The average Bonchev–Trinajstić information content (AvgIpc) is 3.26. The highest BCUT2D eigenvalue weighted by Gasteiger charge is 2.26. The second kappa shape index (κ2) is 9.14. The molecule has 144 valence electrons. The lowest BCUT2D eigenvalue weighted by molar-refractivity contribution is -0.124. The Kier molecular flexibility index (Phi) is 7.16. The van der Waals surface area contributed by atoms with E-state index >= 15 is 0 Å². The van der Waals surface area contributed by atoms with Crippen molar-refractivity contribution in [1.29, 1.82) is 0 Å². The molecule has 0 spiro atoms. The monoisotopic (exact) mass is 382 g/mol. The molecule has 2 atom stereocenters. The van der Waals surface area contributed by atoms with Crippen LogP contribution in [-0.2, 0) is 11.8 Å². The first kappa shape index (κ1) is 20.4. The molecule has 3 rings (SSSR count). The third-order valence-electron chi connectivity index (χ3n) is 4.77. The third-order valence-corrected chi connectivity index (χ3v) is 4.77. The normalized spacial score (nSPS) is 17.3. The Balaban J connectivity index is 0.00000243. The van der Waals surface area contributed by atoms with E-state index in [1.54, 1.807) is 17.9 Å². The van der Waals surface area contributed by atoms with Gasteiger partial charge in [0, 0.05) is 24.7 Å². The number of carbonyl (C=O) groups excluding carboxylic acids is 1. The minimum absolute atomic E-state index is 0. The number of halogens is 1. The molecule has 0 radical (unpaired) electrons. The van der Waals surface area contributed by atoms with Crippen LogP contribution >= 0.6 is 12.4 Å². The summed E-state index contributed by atoms with van der Waals surface area (Å²) in [5.41, 5.74) is 0.808. The molecular formula is C17H27ClN6O2. The molecule has 1 saturated carbocycles. The number of aromatic nitrogens is 4. The van der Waals surface area contributed by atoms with Gasteiger partial charge < -0.3 is 15.2 Å². The van der Waals surface area contributed by atoms with Crippen molar-refractivity contribution in [3.05, 3.63) is 29.7 Å². The molecule has 0 aliphatic heterocycles. The Morgan fingerprint density at radius 2 is 2.08 bits per heavy atom. The van der Waals surface area contributed by atoms with Crippen molar-refractivity contribution < 1.29 is 9.32 Å². The summed E-state index contributed by atoms with van der Waals surface area (Å²) in [6.07, 6.45) is 9.45. The van der Waals surface area contributed by atoms with Gasteiger partial charge >= 0.3 is 0 Å². The van der Waals surface area contributed by atoms with Gasteiger partial charge in [0.1, 0.15) is 12.1 Å². The fraction of sp³-hybridized carbons (Fsp3) is 0.647. The van der Waals surface area contributed by atoms with Crippen molar-refractivity contribution in [1.82, 2.24) is 30.6 Å². The summed E-state index contributed by atoms with van der Waals surface area (Å²) in [6.45, 7) is 1.85. The van der Waals surface area contributed by atoms with E-state index in [1.165, 1.54) is 19.3 Å². The zero-order chi connectivity index (χ0) is 17.8. The zero-order valence-electron chi connectivity index (χ0n) is 15.4. The molecule has 1 aliphatic rings. The average molecular weight is 383 g/mol. The molecule has 9 heteroatoms. The van der Waals surface area contributed by atoms with Crippen molar-refractivity contribution in [2.45, 2.75) is 57.0 Å². The van der Waals surface area contributed by atoms with E-state index in [1.807, 2.05) is 20.2 Å². The van der Waals surface area contributed by atoms with Crippen LogP contribution in [0.25, 0.3) is 0 Å². The first-order chi connectivity index (χ1) is 12.1. The molecule has 1 fully saturated rings. The molecule has 26 heavy (non-hydrogen) atoms. The van der Waals surface area contributed by atoms with Gasteiger partial charge in [-0.15, -0.1) is 12.4 Å². The lowest BCUT2D eigenvalue weighted by atomic mass is 9.89. The Hall–Kier alpha value is -1.93. The molecule has 2 heterocycles. The van der Waals surface area contributed by atoms with E-state index in [0.29, 0.717) is 11.8 Å². The Morgan fingerprint density at radius 3 is 2.69 bits per heavy atom. The molecule has 2 unspecified atom stereocenters. The fourth-order valence-corrected chi connectivity index (χ4v) is 3.35. The van der Waals surface area contributed by atoms with Gasteiger partial charge in [-0.1, -0.05) is 24.4 Å². The van der Waals surface area contributed by atoms with Gasteiger partial charge in [0.05, 0.1) is 6.20 Å². The molecule has 2 aromatic heterocycles. The molecule has 0 saturated heterocycles. The van der Waals surface area contributed by atoms with E-state index in [4.69, 9.17) is 4.52 Å². The lowest BCUT2D eigenvalue weighted by Crippen LogP contribution is -2.37. The lowest BCUT2D eigenvalue weighted by Gasteiger charge is -2.18. The SMILES string of the molecule is CNC(C(=O)NC(C)c1nc(C2CCCCC2)no1)c1cnn(C)c1.Cl. The molecule has 2 N–H and O–H groups in total. The first-order valence-electron chi connectivity index (χ1n) is 8.88. The maximum absolute atomic E-state index is 12.6. The van der Waals surface area contributed by atoms with Crippen molar-refractivity contribution in [2.75, 3.05) is 7.05 Å². The summed E-state index contributed by atoms with van der Waals surface area (Å²) in [5, 5.41) is 14.2. The summed E-state index contributed by atoms with van der Waals surface area (Å²) < 4.78 is 7.06. The molecule has 1 aliphatic carbocycles. The van der Waals surface area contributed by atoms with Crippen molar-refractivity contribution >= 4 is 18.3 Å². The molecule has 0 bridgehead atoms. The molecule has 8 nitrogen and oxygen atoms in total. The quantitative estimate of drug-likeness (QED) is 0.796. The number of rotatable bonds is 6. The van der Waals surface area contributed by atoms with Crippen LogP contribution in [0.4, 0.5) is 0 Å². The van der Waals surface area contributed by atoms with Gasteiger partial charge in [0.15, 0.2) is 5.82 Å². The predicted octanol–water partition coefficient (Wildman–Crippen LogP) is 2.41. The minimum atomic E-state index is -0.475. The number of aryl methyl sites for hydroxylation is 1. The van der Waals surface area contributed by atoms with E-state index in [2.05, 4.69) is 25.9 Å². The van der Waals surface area contributed by atoms with Crippen LogP contribution in [0.3, 0.4) is 0 Å². The zero-order valence-corrected chi connectivity index (χ0v) is 16.3. The first-order valence-corrected chi connectivity index (χ1v) is 8.88. The topological polar surface area (TPSA) is 97.9 Å². The second-order valence-corrected chi connectivity index (χ2v) is 6.73. The van der Waals surface area contributed by atoms with Crippen LogP contribution in [0.1, 0.15) is 74.3 Å². The number of amides is 1. The summed E-state index contributed by atoms with van der Waals surface area (Å²) >= 11 is 0. The van der Waals surface area contributed by atoms with E-state index < -0.39 is 6.04 Å². The number of nitrogens with zero attached hydrogens (tertiary/aromatic N) is 4. The highest BCUT2D eigenvalue weighted by Crippen LogP contribution is 2.31. The molecule has 1 amide bonds. The predicted molar refractivity (Wildman–Crippen MR) is 98.9 cm³/mol. The minimum Gasteiger partial charge on any atom is -0.343 e. The van der Waals surface area contributed by atoms with Crippen LogP contribution in [0.5, 0.6) is 0 Å². The molecule has 0 aromatic carbocycles. The van der Waals surface area contributed by atoms with Crippen LogP contribution in [0.2, 0.25) is 0 Å². The number of nitrogens with one attached hydrogen (secondary N) is 2. The maximum atomic E-state index is 12.6. The second-order valence-electron chi connectivity index (χ2n) is 6.73. The van der Waals surface area contributed by atoms with Gasteiger partial charge in [-0.3, -0.25) is 9.48 Å². The Labute approximate surface area is 159 Å². The number of carbonyl (C=O) groups is 1. The maximum Gasteiger partial charge on any atom is 0.248 e. The highest BCUT2D eigenvalue weighted by molar-refractivity contribution is 5.85. The van der Waals surface area contributed by atoms with Gasteiger partial charge in [0.25, 0.3) is 0 Å². The van der Waals surface area contributed by atoms with Crippen LogP contribution in [0, 0.1) is 0 Å². The largest absolute Gasteiger partial charge is 0.343 e. The molecular weight excluding hydrogens is 356 g/mol. The van der Waals surface area contributed by atoms with E-state index in [9.17, 15) is 4.79 Å². The van der Waals surface area contributed by atoms with Crippen molar-refractivity contribution in [2.24, 2.45) is 7.05 Å². The van der Waals surface area contributed by atoms with Gasteiger partial charge in [-0.25, -0.2) is 0 Å². The Morgan fingerprint density at radius 1 is 1.35 bits per heavy atom. The van der Waals surface area contributed by atoms with Crippen LogP contribution in [0.15, 0.2) is 16.9 Å². The van der Waals surface area contributed by atoms with Crippen molar-refractivity contribution in [3.8, 4) is 0 Å². The van der Waals surface area contributed by atoms with Crippen LogP contribution < -0.4 is 10.6 Å². The number of hydrogen-bond acceptors (Lipinski definition) is 6. The standard InChI is InChI=1S/C17H26N6O2.ClH/c1-11(17-21-15(22-25-17)12-7-5-4-6-8-12)20-16(24)14(18-2)13-9-19-23(3)10-13;/h9-12,14,18H,4-8H2,1-3H3,(H,20,24);1H. The van der Waals surface area contributed by atoms with E-state index in [0.717, 1.165) is 24.2 Å². The van der Waals surface area contributed by atoms with Gasteiger partial charge in [-0.2, -0.15) is 10.1 Å². The summed E-state index contributed by atoms with van der Waals surface area (Å²) in [6, 6.07) is -0.818. The molecule has 2 aromatic rings. The number of likely N-dealkylation sites (N-methyl/N-ethyl adjacent to an activating group) is 1. The fourth-order valence-electron chi connectivity index (χ4n) is 3.35. The summed E-state index contributed by atoms with van der Waals surface area (Å²) in [4.78, 5) is 17.1. The summed E-state index contributed by atoms with van der Waals surface area (Å²) in [5.74, 6) is 1.46. The van der Waals surface area contributed by atoms with Gasteiger partial charge in [-0.05, 0) is 26.8 Å². The van der Waals surface area contributed by atoms with Crippen LogP contribution in [-0.4, -0.2) is 32.9 Å². The van der Waals surface area contributed by atoms with Gasteiger partial charge in [0.2, 0.25) is 11.8 Å². The number of hydrogen-bond donors (Lipinski definition) is 2. The third kappa shape index (κ3) is 4.62. The Bertz CT molecular complexity index is 710. The summed E-state index contributed by atoms with van der Waals surface area (Å²) in [7, 11) is 3.57. The van der Waals surface area contributed by atoms with E-state index in [-0.39, 0.29) is 24.4 Å².